The van der Waals surface area contributed by atoms with Crippen molar-refractivity contribution >= 4 is 27.5 Å². The van der Waals surface area contributed by atoms with Crippen LogP contribution in [0.4, 0.5) is 5.69 Å². The van der Waals surface area contributed by atoms with Crippen molar-refractivity contribution in [2.24, 2.45) is 0 Å². The van der Waals surface area contributed by atoms with E-state index in [0.29, 0.717) is 11.3 Å². The molecule has 0 aliphatic heterocycles. The van der Waals surface area contributed by atoms with Crippen LogP contribution in [0.2, 0.25) is 0 Å². The highest BCUT2D eigenvalue weighted by Crippen LogP contribution is 2.27. The van der Waals surface area contributed by atoms with Gasteiger partial charge in [0, 0.05) is 11.9 Å². The van der Waals surface area contributed by atoms with Crippen molar-refractivity contribution in [1.82, 2.24) is 19.6 Å². The number of nitrogens with one attached hydrogen (secondary N) is 1. The smallest absolute Gasteiger partial charge is 0.340 e. The number of sulfonamides is 1. The van der Waals surface area contributed by atoms with Crippen molar-refractivity contribution in [1.29, 1.82) is 0 Å². The highest BCUT2D eigenvalue weighted by molar-refractivity contribution is 7.92. The molecular weight excluding hydrogens is 382 g/mol. The van der Waals surface area contributed by atoms with Gasteiger partial charge in [0.2, 0.25) is 0 Å². The van der Waals surface area contributed by atoms with E-state index in [1.54, 1.807) is 39.8 Å². The molecule has 148 valence electrons. The van der Waals surface area contributed by atoms with E-state index in [9.17, 15) is 13.2 Å². The first kappa shape index (κ1) is 19.7. The van der Waals surface area contributed by atoms with E-state index in [0.717, 1.165) is 5.56 Å². The lowest BCUT2D eigenvalue weighted by Crippen LogP contribution is -2.20. The molecule has 2 heterocycles. The first-order valence-electron chi connectivity index (χ1n) is 8.62. The van der Waals surface area contributed by atoms with E-state index < -0.39 is 21.1 Å². The van der Waals surface area contributed by atoms with Crippen LogP contribution in [0.15, 0.2) is 29.6 Å². The standard InChI is InChI=1S/C18H21N5O4S/c1-10(2)27-16(24)14-7-6-11(3)13(5)15(14)22-28(25,26)18-20-17-19-9-8-12(4)23(17)21-18/h6-10,22H,1-5H3. The van der Waals surface area contributed by atoms with Crippen LogP contribution >= 0.6 is 0 Å². The first-order valence-corrected chi connectivity index (χ1v) is 10.1. The summed E-state index contributed by atoms with van der Waals surface area (Å²) in [4.78, 5) is 20.5. The Hall–Kier alpha value is -3.01. The molecule has 0 fully saturated rings. The molecule has 0 amide bonds. The number of hydrogen-bond donors (Lipinski definition) is 1. The Morgan fingerprint density at radius 2 is 1.89 bits per heavy atom. The molecule has 0 saturated heterocycles. The van der Waals surface area contributed by atoms with E-state index in [-0.39, 0.29) is 23.1 Å². The largest absolute Gasteiger partial charge is 0.459 e. The Morgan fingerprint density at radius 3 is 2.54 bits per heavy atom. The third-order valence-electron chi connectivity index (χ3n) is 4.19. The molecule has 0 spiro atoms. The lowest BCUT2D eigenvalue weighted by atomic mass is 10.0. The van der Waals surface area contributed by atoms with Crippen LogP contribution in [-0.2, 0) is 14.8 Å². The third-order valence-corrected chi connectivity index (χ3v) is 5.31. The Bertz CT molecular complexity index is 1170. The minimum Gasteiger partial charge on any atom is -0.459 e. The second-order valence-electron chi connectivity index (χ2n) is 6.68. The number of carbonyl (C=O) groups is 1. The van der Waals surface area contributed by atoms with E-state index >= 15 is 0 Å². The highest BCUT2D eigenvalue weighted by atomic mass is 32.2. The van der Waals surface area contributed by atoms with E-state index in [2.05, 4.69) is 19.8 Å². The number of aromatic nitrogens is 4. The maximum Gasteiger partial charge on any atom is 0.340 e. The van der Waals surface area contributed by atoms with Crippen LogP contribution in [0.1, 0.15) is 41.0 Å². The predicted molar refractivity (Wildman–Crippen MR) is 103 cm³/mol. The van der Waals surface area contributed by atoms with Crippen molar-refractivity contribution < 1.29 is 17.9 Å². The van der Waals surface area contributed by atoms with Crippen molar-refractivity contribution in [3.8, 4) is 0 Å². The van der Waals surface area contributed by atoms with Gasteiger partial charge in [-0.25, -0.2) is 14.3 Å². The zero-order valence-corrected chi connectivity index (χ0v) is 17.0. The molecule has 0 bridgehead atoms. The minimum absolute atomic E-state index is 0.124. The topological polar surface area (TPSA) is 116 Å². The van der Waals surface area contributed by atoms with E-state index in [1.807, 2.05) is 6.92 Å². The van der Waals surface area contributed by atoms with Gasteiger partial charge < -0.3 is 4.74 Å². The van der Waals surface area contributed by atoms with Gasteiger partial charge in [-0.05, 0) is 57.9 Å². The molecule has 3 aromatic rings. The molecule has 0 aliphatic rings. The molecular formula is C18H21N5O4S. The lowest BCUT2D eigenvalue weighted by Gasteiger charge is -2.16. The molecule has 3 rings (SSSR count). The van der Waals surface area contributed by atoms with E-state index in [1.165, 1.54) is 16.8 Å². The zero-order chi connectivity index (χ0) is 20.6. The molecule has 1 aromatic carbocycles. The highest BCUT2D eigenvalue weighted by Gasteiger charge is 2.26. The van der Waals surface area contributed by atoms with Gasteiger partial charge in [-0.15, -0.1) is 5.10 Å². The number of nitrogens with zero attached hydrogens (tertiary/aromatic N) is 4. The summed E-state index contributed by atoms with van der Waals surface area (Å²) in [5, 5.41) is 3.60. The summed E-state index contributed by atoms with van der Waals surface area (Å²) in [6.07, 6.45) is 1.18. The van der Waals surface area contributed by atoms with Gasteiger partial charge in [-0.1, -0.05) is 6.07 Å². The number of anilines is 1. The molecule has 0 radical (unpaired) electrons. The number of ether oxygens (including phenoxy) is 1. The molecule has 0 aliphatic carbocycles. The summed E-state index contributed by atoms with van der Waals surface area (Å²) in [5.74, 6) is -0.447. The van der Waals surface area contributed by atoms with Crippen LogP contribution in [-0.4, -0.2) is 40.1 Å². The summed E-state index contributed by atoms with van der Waals surface area (Å²) in [5.41, 5.74) is 2.39. The summed E-state index contributed by atoms with van der Waals surface area (Å²) in [6.45, 7) is 8.75. The minimum atomic E-state index is -4.16. The lowest BCUT2D eigenvalue weighted by molar-refractivity contribution is 0.0379. The fourth-order valence-electron chi connectivity index (χ4n) is 2.58. The van der Waals surface area contributed by atoms with Crippen molar-refractivity contribution in [3.05, 3.63) is 46.8 Å². The second kappa shape index (κ2) is 7.19. The quantitative estimate of drug-likeness (QED) is 0.650. The van der Waals surface area contributed by atoms with Gasteiger partial charge in [0.25, 0.3) is 21.0 Å². The van der Waals surface area contributed by atoms with Crippen LogP contribution in [0.25, 0.3) is 5.78 Å². The van der Waals surface area contributed by atoms with E-state index in [4.69, 9.17) is 4.74 Å². The number of aryl methyl sites for hydroxylation is 2. The number of rotatable bonds is 5. The normalized spacial score (nSPS) is 11.8. The maximum atomic E-state index is 12.9. The Balaban J connectivity index is 2.07. The number of esters is 1. The van der Waals surface area contributed by atoms with Gasteiger partial charge in [0.1, 0.15) is 0 Å². The van der Waals surface area contributed by atoms with Gasteiger partial charge in [0.05, 0.1) is 17.4 Å². The Kier molecular flexibility index (Phi) is 5.07. The monoisotopic (exact) mass is 403 g/mol. The molecule has 10 heteroatoms. The molecule has 28 heavy (non-hydrogen) atoms. The number of fused-ring (bicyclic) bond motifs is 1. The predicted octanol–water partition coefficient (Wildman–Crippen LogP) is 2.42. The second-order valence-corrected chi connectivity index (χ2v) is 8.26. The van der Waals surface area contributed by atoms with Crippen molar-refractivity contribution in [2.75, 3.05) is 4.72 Å². The van der Waals surface area contributed by atoms with Crippen molar-refractivity contribution in [2.45, 2.75) is 45.9 Å². The summed E-state index contributed by atoms with van der Waals surface area (Å²) >= 11 is 0. The zero-order valence-electron chi connectivity index (χ0n) is 16.2. The maximum absolute atomic E-state index is 12.9. The van der Waals surface area contributed by atoms with Gasteiger partial charge >= 0.3 is 5.97 Å². The van der Waals surface area contributed by atoms with Crippen LogP contribution in [0.5, 0.6) is 0 Å². The molecule has 0 atom stereocenters. The number of carbonyl (C=O) groups excluding carboxylic acids is 1. The SMILES string of the molecule is Cc1ccc(C(=O)OC(C)C)c(NS(=O)(=O)c2nc3nccc(C)n3n2)c1C. The molecule has 0 unspecified atom stereocenters. The fraction of sp³-hybridized carbons (Fsp3) is 0.333. The average molecular weight is 403 g/mol. The van der Waals surface area contributed by atoms with Gasteiger partial charge in [0.15, 0.2) is 0 Å². The molecule has 1 N–H and O–H groups in total. The summed E-state index contributed by atoms with van der Waals surface area (Å²) in [7, 11) is -4.16. The summed E-state index contributed by atoms with van der Waals surface area (Å²) < 4.78 is 34.9. The first-order chi connectivity index (χ1) is 13.1. The van der Waals surface area contributed by atoms with Crippen LogP contribution < -0.4 is 4.72 Å². The van der Waals surface area contributed by atoms with Gasteiger partial charge in [-0.3, -0.25) is 4.72 Å². The fourth-order valence-corrected chi connectivity index (χ4v) is 3.59. The third kappa shape index (κ3) is 3.68. The van der Waals surface area contributed by atoms with Gasteiger partial charge in [-0.2, -0.15) is 13.4 Å². The van der Waals surface area contributed by atoms with Crippen LogP contribution in [0, 0.1) is 20.8 Å². The Morgan fingerprint density at radius 1 is 1.18 bits per heavy atom. The number of benzene rings is 1. The molecule has 0 saturated carbocycles. The number of hydrogen-bond acceptors (Lipinski definition) is 7. The Labute approximate surface area is 162 Å². The summed E-state index contributed by atoms with van der Waals surface area (Å²) in [6, 6.07) is 4.96. The molecule has 9 nitrogen and oxygen atoms in total. The van der Waals surface area contributed by atoms with Crippen molar-refractivity contribution in [3.63, 3.8) is 0 Å². The average Bonchev–Trinajstić information content (AvgIpc) is 3.05. The van der Waals surface area contributed by atoms with Crippen LogP contribution in [0.3, 0.4) is 0 Å². The molecule has 2 aromatic heterocycles.